The molecular weight excluding hydrogens is 228 g/mol. The Hall–Kier alpha value is -1.36. The Morgan fingerprint density at radius 2 is 2.06 bits per heavy atom. The smallest absolute Gasteiger partial charge is 0.395 e. The lowest BCUT2D eigenvalue weighted by Gasteiger charge is -2.31. The van der Waals surface area contributed by atoms with Crippen LogP contribution in [0.2, 0.25) is 0 Å². The zero-order valence-corrected chi connectivity index (χ0v) is 9.16. The van der Waals surface area contributed by atoms with E-state index in [0.717, 1.165) is 19.3 Å². The number of rotatable bonds is 2. The van der Waals surface area contributed by atoms with E-state index in [-0.39, 0.29) is 17.5 Å². The van der Waals surface area contributed by atoms with E-state index in [0.29, 0.717) is 11.5 Å². The van der Waals surface area contributed by atoms with Gasteiger partial charge < -0.3 is 15.2 Å². The summed E-state index contributed by atoms with van der Waals surface area (Å²) in [5.74, 6) is 0.526. The largest absolute Gasteiger partial charge is 0.586 e. The third-order valence-corrected chi connectivity index (χ3v) is 3.48. The predicted molar refractivity (Wildman–Crippen MR) is 56.9 cm³/mol. The molecule has 1 aromatic carbocycles. The molecule has 0 aromatic heterocycles. The van der Waals surface area contributed by atoms with Gasteiger partial charge in [-0.05, 0) is 24.8 Å². The van der Waals surface area contributed by atoms with E-state index in [1.54, 1.807) is 12.1 Å². The van der Waals surface area contributed by atoms with Crippen molar-refractivity contribution in [2.75, 3.05) is 0 Å². The summed E-state index contributed by atoms with van der Waals surface area (Å²) in [4.78, 5) is 0. The van der Waals surface area contributed by atoms with Crippen LogP contribution in [0.5, 0.6) is 11.5 Å². The van der Waals surface area contributed by atoms with Crippen LogP contribution >= 0.6 is 0 Å². The van der Waals surface area contributed by atoms with Crippen LogP contribution in [0, 0.1) is 5.92 Å². The number of benzene rings is 1. The lowest BCUT2D eigenvalue weighted by molar-refractivity contribution is -0.287. The summed E-state index contributed by atoms with van der Waals surface area (Å²) < 4.78 is 34.9. The number of ether oxygens (including phenoxy) is 2. The summed E-state index contributed by atoms with van der Waals surface area (Å²) in [5, 5.41) is 0. The maximum absolute atomic E-state index is 13.0. The van der Waals surface area contributed by atoms with Crippen LogP contribution in [0.15, 0.2) is 18.2 Å². The molecule has 2 N–H and O–H groups in total. The van der Waals surface area contributed by atoms with E-state index < -0.39 is 6.29 Å². The van der Waals surface area contributed by atoms with Crippen molar-refractivity contribution >= 4 is 0 Å². The van der Waals surface area contributed by atoms with Gasteiger partial charge in [0.1, 0.15) is 0 Å². The van der Waals surface area contributed by atoms with Crippen molar-refractivity contribution in [2.24, 2.45) is 11.7 Å². The van der Waals surface area contributed by atoms with Crippen LogP contribution < -0.4 is 15.2 Å². The molecule has 1 atom stereocenters. The molecule has 1 aromatic rings. The van der Waals surface area contributed by atoms with Gasteiger partial charge >= 0.3 is 6.29 Å². The molecule has 2 aliphatic rings. The molecular formula is C12H13F2NO2. The van der Waals surface area contributed by atoms with Gasteiger partial charge in [-0.1, -0.05) is 18.6 Å². The molecule has 1 aliphatic heterocycles. The Kier molecular flexibility index (Phi) is 2.26. The van der Waals surface area contributed by atoms with Gasteiger partial charge in [0.2, 0.25) is 0 Å². The molecule has 17 heavy (non-hydrogen) atoms. The van der Waals surface area contributed by atoms with E-state index in [2.05, 4.69) is 9.47 Å². The summed E-state index contributed by atoms with van der Waals surface area (Å²) in [6.45, 7) is 0. The van der Waals surface area contributed by atoms with E-state index in [1.807, 2.05) is 0 Å². The quantitative estimate of drug-likeness (QED) is 0.865. The Morgan fingerprint density at radius 1 is 1.29 bits per heavy atom. The molecule has 1 heterocycles. The van der Waals surface area contributed by atoms with Gasteiger partial charge in [-0.3, -0.25) is 0 Å². The summed E-state index contributed by atoms with van der Waals surface area (Å²) in [6.07, 6.45) is -0.331. The van der Waals surface area contributed by atoms with Crippen molar-refractivity contribution in [3.8, 4) is 11.5 Å². The lowest BCUT2D eigenvalue weighted by atomic mass is 9.77. The Balaban J connectivity index is 1.94. The van der Waals surface area contributed by atoms with Crippen molar-refractivity contribution in [1.82, 2.24) is 0 Å². The van der Waals surface area contributed by atoms with Crippen LogP contribution in [0.1, 0.15) is 30.9 Å². The van der Waals surface area contributed by atoms with Crippen molar-refractivity contribution in [3.05, 3.63) is 23.8 Å². The Bertz CT molecular complexity index is 446. The summed E-state index contributed by atoms with van der Waals surface area (Å²) in [6, 6.07) is 4.60. The fourth-order valence-electron chi connectivity index (χ4n) is 2.31. The minimum absolute atomic E-state index is 0.0715. The molecule has 3 nitrogen and oxygen atoms in total. The first kappa shape index (κ1) is 10.8. The summed E-state index contributed by atoms with van der Waals surface area (Å²) in [5.41, 5.74) is 6.70. The lowest BCUT2D eigenvalue weighted by Crippen LogP contribution is -2.28. The van der Waals surface area contributed by atoms with Crippen molar-refractivity contribution < 1.29 is 18.3 Å². The van der Waals surface area contributed by atoms with Crippen LogP contribution in [0.3, 0.4) is 0 Å². The third kappa shape index (κ3) is 1.74. The van der Waals surface area contributed by atoms with E-state index in [9.17, 15) is 8.78 Å². The number of fused-ring (bicyclic) bond motifs is 1. The average Bonchev–Trinajstić information content (AvgIpc) is 2.47. The second-order valence-electron chi connectivity index (χ2n) is 4.56. The normalized spacial score (nSPS) is 23.2. The highest BCUT2D eigenvalue weighted by molar-refractivity contribution is 5.50. The van der Waals surface area contributed by atoms with Gasteiger partial charge in [0.15, 0.2) is 11.5 Å². The summed E-state index contributed by atoms with van der Waals surface area (Å²) >= 11 is 0. The molecule has 92 valence electrons. The fourth-order valence-corrected chi connectivity index (χ4v) is 2.31. The van der Waals surface area contributed by atoms with Crippen molar-refractivity contribution in [2.45, 2.75) is 31.6 Å². The van der Waals surface area contributed by atoms with E-state index >= 15 is 0 Å². The first-order chi connectivity index (χ1) is 8.07. The molecule has 1 aliphatic carbocycles. The van der Waals surface area contributed by atoms with Gasteiger partial charge in [0.05, 0.1) is 0 Å². The molecule has 0 spiro atoms. The second kappa shape index (κ2) is 3.57. The van der Waals surface area contributed by atoms with Gasteiger partial charge in [-0.15, -0.1) is 8.78 Å². The first-order valence-corrected chi connectivity index (χ1v) is 5.71. The maximum Gasteiger partial charge on any atom is 0.586 e. The number of hydrogen-bond donors (Lipinski definition) is 1. The molecule has 3 rings (SSSR count). The van der Waals surface area contributed by atoms with Gasteiger partial charge in [0, 0.05) is 11.6 Å². The number of alkyl halides is 2. The Labute approximate surface area is 97.5 Å². The van der Waals surface area contributed by atoms with Crippen LogP contribution in [-0.4, -0.2) is 6.29 Å². The third-order valence-electron chi connectivity index (χ3n) is 3.48. The van der Waals surface area contributed by atoms with Gasteiger partial charge in [-0.25, -0.2) is 0 Å². The zero-order chi connectivity index (χ0) is 12.0. The number of hydrogen-bond acceptors (Lipinski definition) is 3. The molecule has 1 saturated carbocycles. The highest BCUT2D eigenvalue weighted by Crippen LogP contribution is 2.47. The van der Waals surface area contributed by atoms with E-state index in [1.165, 1.54) is 6.07 Å². The predicted octanol–water partition coefficient (Wildman–Crippen LogP) is 2.81. The van der Waals surface area contributed by atoms with Gasteiger partial charge in [0.25, 0.3) is 0 Å². The van der Waals surface area contributed by atoms with Crippen LogP contribution in [0.4, 0.5) is 8.78 Å². The SMILES string of the molecule is N[C@@H](c1cccc2c1OC(F)(F)O2)C1CCC1. The first-order valence-electron chi connectivity index (χ1n) is 5.71. The van der Waals surface area contributed by atoms with E-state index in [4.69, 9.17) is 5.73 Å². The standard InChI is InChI=1S/C12H13F2NO2/c13-12(14)16-9-6-2-5-8(11(9)17-12)10(15)7-3-1-4-7/h2,5-7,10H,1,3-4,15H2/t10-/m1/s1. The maximum atomic E-state index is 13.0. The second-order valence-corrected chi connectivity index (χ2v) is 4.56. The zero-order valence-electron chi connectivity index (χ0n) is 9.16. The summed E-state index contributed by atoms with van der Waals surface area (Å²) in [7, 11) is 0. The van der Waals surface area contributed by atoms with Gasteiger partial charge in [-0.2, -0.15) is 0 Å². The Morgan fingerprint density at radius 3 is 2.71 bits per heavy atom. The average molecular weight is 241 g/mol. The fraction of sp³-hybridized carbons (Fsp3) is 0.500. The molecule has 0 bridgehead atoms. The minimum Gasteiger partial charge on any atom is -0.395 e. The van der Waals surface area contributed by atoms with Crippen molar-refractivity contribution in [1.29, 1.82) is 0 Å². The molecule has 0 unspecified atom stereocenters. The van der Waals surface area contributed by atoms with Crippen LogP contribution in [-0.2, 0) is 0 Å². The number of halogens is 2. The van der Waals surface area contributed by atoms with Crippen LogP contribution in [0.25, 0.3) is 0 Å². The highest BCUT2D eigenvalue weighted by Gasteiger charge is 2.45. The molecule has 5 heteroatoms. The number of para-hydroxylation sites is 1. The molecule has 0 amide bonds. The monoisotopic (exact) mass is 241 g/mol. The minimum atomic E-state index is -3.57. The molecule has 1 fully saturated rings. The molecule has 0 radical (unpaired) electrons. The topological polar surface area (TPSA) is 44.5 Å². The van der Waals surface area contributed by atoms with Crippen molar-refractivity contribution in [3.63, 3.8) is 0 Å². The number of nitrogens with two attached hydrogens (primary N) is 1. The highest BCUT2D eigenvalue weighted by atomic mass is 19.3. The molecule has 0 saturated heterocycles.